The van der Waals surface area contributed by atoms with Gasteiger partial charge in [-0.2, -0.15) is 8.78 Å². The molecule has 3 amide bonds. The third-order valence-corrected chi connectivity index (χ3v) is 10.4. The zero-order chi connectivity index (χ0) is 40.4. The number of methoxy groups -OCH3 is 1. The lowest BCUT2D eigenvalue weighted by Crippen LogP contribution is -2.54. The number of nitrogens with zero attached hydrogens (tertiary/aromatic N) is 4. The van der Waals surface area contributed by atoms with E-state index in [0.717, 1.165) is 70.2 Å². The molecule has 0 bridgehead atoms. The van der Waals surface area contributed by atoms with Crippen molar-refractivity contribution < 1.29 is 37.4 Å². The number of hydrogen-bond acceptors (Lipinski definition) is 8. The number of amides is 3. The van der Waals surface area contributed by atoms with Gasteiger partial charge in [-0.1, -0.05) is 48.5 Å². The Hall–Kier alpha value is -5.83. The number of halogens is 2. The summed E-state index contributed by atoms with van der Waals surface area (Å²) < 4.78 is 40.9. The third-order valence-electron chi connectivity index (χ3n) is 10.4. The number of aromatic nitrogens is 4. The van der Waals surface area contributed by atoms with Gasteiger partial charge >= 0.3 is 18.8 Å². The van der Waals surface area contributed by atoms with Gasteiger partial charge in [0.2, 0.25) is 5.91 Å². The highest BCUT2D eigenvalue weighted by Crippen LogP contribution is 2.36. The Kier molecular flexibility index (Phi) is 11.3. The molecule has 2 aliphatic rings. The first-order valence-corrected chi connectivity index (χ1v) is 19.1. The molecule has 3 N–H and O–H groups in total. The van der Waals surface area contributed by atoms with Crippen LogP contribution in [-0.2, 0) is 19.0 Å². The van der Waals surface area contributed by atoms with Crippen molar-refractivity contribution in [1.29, 1.82) is 0 Å². The summed E-state index contributed by atoms with van der Waals surface area (Å²) in [5, 5.41) is 4.44. The van der Waals surface area contributed by atoms with Crippen LogP contribution in [-0.4, -0.2) is 92.4 Å². The standard InChI is InChI=1S/C42H47F2N7O6/c1-24(56-39(43)44)35(49-40(53)55-5)38(52)50-18-6-8-33(50)36-46-23-32(48-36)30-17-16-28-20-27(14-15-29(28)21-30)25-10-12-26(13-11-25)31-22-45-37(47-31)34-9-7-19-51(34)41(54)57-42(2,3)4/h10-17,20-24,33-35,39H,6-9,18-19H2,1-5H3,(H,45,47)(H,46,48)(H,49,53)/t24-,33+,34+,35?/m1/s1. The number of rotatable bonds is 10. The molecule has 0 aliphatic carbocycles. The smallest absolute Gasteiger partial charge is 0.410 e. The van der Waals surface area contributed by atoms with Crippen LogP contribution in [0.2, 0.25) is 0 Å². The number of alkyl halides is 2. The molecule has 7 rings (SSSR count). The van der Waals surface area contributed by atoms with E-state index in [4.69, 9.17) is 4.74 Å². The van der Waals surface area contributed by atoms with E-state index in [1.165, 1.54) is 11.8 Å². The Morgan fingerprint density at radius 2 is 1.32 bits per heavy atom. The molecule has 4 heterocycles. The molecule has 2 saturated heterocycles. The molecule has 0 saturated carbocycles. The summed E-state index contributed by atoms with van der Waals surface area (Å²) in [5.41, 5.74) is 5.09. The molecule has 2 aromatic heterocycles. The number of hydrogen-bond donors (Lipinski definition) is 3. The molecule has 2 aliphatic heterocycles. The number of H-pyrrole nitrogens is 2. The zero-order valence-corrected chi connectivity index (χ0v) is 32.6. The Bertz CT molecular complexity index is 2230. The van der Waals surface area contributed by atoms with E-state index in [-0.39, 0.29) is 12.1 Å². The minimum absolute atomic E-state index is 0.153. The molecule has 0 spiro atoms. The van der Waals surface area contributed by atoms with Gasteiger partial charge in [0, 0.05) is 18.7 Å². The zero-order valence-electron chi connectivity index (χ0n) is 32.6. The topological polar surface area (TPSA) is 155 Å². The fraction of sp³-hybridized carbons (Fsp3) is 0.405. The van der Waals surface area contributed by atoms with Gasteiger partial charge < -0.3 is 34.4 Å². The molecule has 13 nitrogen and oxygen atoms in total. The fourth-order valence-electron chi connectivity index (χ4n) is 7.63. The van der Waals surface area contributed by atoms with Crippen molar-refractivity contribution in [3.63, 3.8) is 0 Å². The number of imidazole rings is 2. The second kappa shape index (κ2) is 16.3. The second-order valence-corrected chi connectivity index (χ2v) is 15.5. The predicted octanol–water partition coefficient (Wildman–Crippen LogP) is 8.37. The number of aromatic amines is 2. The Balaban J connectivity index is 1.03. The van der Waals surface area contributed by atoms with Gasteiger partial charge in [0.25, 0.3) is 0 Å². The van der Waals surface area contributed by atoms with Gasteiger partial charge in [0.1, 0.15) is 23.3 Å². The van der Waals surface area contributed by atoms with Gasteiger partial charge in [-0.15, -0.1) is 0 Å². The van der Waals surface area contributed by atoms with Crippen LogP contribution in [0.15, 0.2) is 73.1 Å². The normalized spacial score (nSPS) is 18.2. The summed E-state index contributed by atoms with van der Waals surface area (Å²) in [6.07, 6.45) is 3.96. The number of fused-ring (bicyclic) bond motifs is 1. The molecule has 57 heavy (non-hydrogen) atoms. The second-order valence-electron chi connectivity index (χ2n) is 15.5. The van der Waals surface area contributed by atoms with Crippen molar-refractivity contribution in [1.82, 2.24) is 35.1 Å². The van der Waals surface area contributed by atoms with E-state index in [9.17, 15) is 23.2 Å². The first kappa shape index (κ1) is 39.4. The van der Waals surface area contributed by atoms with Crippen molar-refractivity contribution in [2.45, 2.75) is 89.8 Å². The largest absolute Gasteiger partial charge is 0.453 e. The van der Waals surface area contributed by atoms with Crippen LogP contribution in [0.1, 0.15) is 77.1 Å². The number of ether oxygens (including phenoxy) is 3. The minimum Gasteiger partial charge on any atom is -0.453 e. The van der Waals surface area contributed by atoms with Gasteiger partial charge in [0.15, 0.2) is 0 Å². The molecule has 0 radical (unpaired) electrons. The van der Waals surface area contributed by atoms with Gasteiger partial charge in [-0.05, 0) is 93.0 Å². The highest BCUT2D eigenvalue weighted by Gasteiger charge is 2.40. The maximum Gasteiger partial charge on any atom is 0.410 e. The first-order valence-electron chi connectivity index (χ1n) is 19.1. The third kappa shape index (κ3) is 8.78. The summed E-state index contributed by atoms with van der Waals surface area (Å²) in [4.78, 5) is 57.8. The molecular formula is C42H47F2N7O6. The minimum atomic E-state index is -3.12. The fourth-order valence-corrected chi connectivity index (χ4v) is 7.63. The average Bonchev–Trinajstić information content (AvgIpc) is 4.02. The number of benzene rings is 3. The molecular weight excluding hydrogens is 737 g/mol. The van der Waals surface area contributed by atoms with E-state index in [1.54, 1.807) is 11.1 Å². The summed E-state index contributed by atoms with van der Waals surface area (Å²) in [6, 6.07) is 18.7. The molecule has 15 heteroatoms. The van der Waals surface area contributed by atoms with E-state index in [0.29, 0.717) is 31.8 Å². The van der Waals surface area contributed by atoms with Crippen molar-refractivity contribution in [2.75, 3.05) is 20.2 Å². The number of alkyl carbamates (subject to hydrolysis) is 1. The van der Waals surface area contributed by atoms with E-state index in [2.05, 4.69) is 89.3 Å². The number of nitrogens with one attached hydrogen (secondary N) is 3. The van der Waals surface area contributed by atoms with Crippen LogP contribution >= 0.6 is 0 Å². The SMILES string of the molecule is COC(=O)NC(C(=O)N1CCC[C@H]1c1ncc(-c2ccc3cc(-c4ccc(-c5cnc([C@@H]6CCCN6C(=O)OC(C)(C)C)[nH]5)cc4)ccc3c2)[nH]1)[C@@H](C)OC(F)F. The summed E-state index contributed by atoms with van der Waals surface area (Å²) >= 11 is 0. The van der Waals surface area contributed by atoms with Crippen molar-refractivity contribution in [2.24, 2.45) is 0 Å². The first-order chi connectivity index (χ1) is 27.3. The Labute approximate surface area is 329 Å². The lowest BCUT2D eigenvalue weighted by Gasteiger charge is -2.30. The molecule has 300 valence electrons. The Morgan fingerprint density at radius 1 is 0.789 bits per heavy atom. The number of carbonyl (C=O) groups excluding carboxylic acids is 3. The highest BCUT2D eigenvalue weighted by molar-refractivity contribution is 5.91. The van der Waals surface area contributed by atoms with Gasteiger partial charge in [0.05, 0.1) is 49.1 Å². The number of likely N-dealkylation sites (tertiary alicyclic amines) is 2. The van der Waals surface area contributed by atoms with E-state index < -0.39 is 42.4 Å². The number of carbonyl (C=O) groups is 3. The van der Waals surface area contributed by atoms with Crippen LogP contribution in [0.4, 0.5) is 18.4 Å². The van der Waals surface area contributed by atoms with Crippen molar-refractivity contribution >= 4 is 28.9 Å². The monoisotopic (exact) mass is 783 g/mol. The molecule has 1 unspecified atom stereocenters. The quantitative estimate of drug-likeness (QED) is 0.128. The lowest BCUT2D eigenvalue weighted by molar-refractivity contribution is -0.171. The van der Waals surface area contributed by atoms with Crippen molar-refractivity contribution in [3.8, 4) is 33.6 Å². The average molecular weight is 784 g/mol. The molecule has 2 fully saturated rings. The summed E-state index contributed by atoms with van der Waals surface area (Å²) in [7, 11) is 1.13. The van der Waals surface area contributed by atoms with Gasteiger partial charge in [-0.25, -0.2) is 19.6 Å². The lowest BCUT2D eigenvalue weighted by atomic mass is 9.98. The Morgan fingerprint density at radius 3 is 1.91 bits per heavy atom. The maximum atomic E-state index is 13.6. The molecule has 3 aromatic carbocycles. The van der Waals surface area contributed by atoms with E-state index in [1.807, 2.05) is 33.0 Å². The van der Waals surface area contributed by atoms with Crippen LogP contribution in [0.5, 0.6) is 0 Å². The molecule has 5 aromatic rings. The van der Waals surface area contributed by atoms with Crippen LogP contribution in [0.3, 0.4) is 0 Å². The highest BCUT2D eigenvalue weighted by atomic mass is 19.3. The van der Waals surface area contributed by atoms with E-state index >= 15 is 0 Å². The van der Waals surface area contributed by atoms with Crippen LogP contribution < -0.4 is 5.32 Å². The van der Waals surface area contributed by atoms with Crippen LogP contribution in [0.25, 0.3) is 44.4 Å². The summed E-state index contributed by atoms with van der Waals surface area (Å²) in [5.74, 6) is 0.747. The van der Waals surface area contributed by atoms with Crippen LogP contribution in [0, 0.1) is 0 Å². The van der Waals surface area contributed by atoms with Crippen molar-refractivity contribution in [3.05, 3.63) is 84.7 Å². The maximum absolute atomic E-state index is 13.6. The summed E-state index contributed by atoms with van der Waals surface area (Å²) in [6.45, 7) is 4.78. The molecule has 4 atom stereocenters. The van der Waals surface area contributed by atoms with Gasteiger partial charge in [-0.3, -0.25) is 9.69 Å². The predicted molar refractivity (Wildman–Crippen MR) is 209 cm³/mol.